The van der Waals surface area contributed by atoms with E-state index in [0.717, 1.165) is 23.9 Å². The van der Waals surface area contributed by atoms with Crippen LogP contribution >= 0.6 is 12.4 Å². The van der Waals surface area contributed by atoms with Crippen LogP contribution in [-0.2, 0) is 26.2 Å². The molecule has 0 bridgehead atoms. The zero-order valence-electron chi connectivity index (χ0n) is 19.7. The van der Waals surface area contributed by atoms with Gasteiger partial charge < -0.3 is 10.0 Å². The quantitative estimate of drug-likeness (QED) is 0.436. The second-order valence-corrected chi connectivity index (χ2v) is 9.18. The van der Waals surface area contributed by atoms with E-state index in [4.69, 9.17) is 5.11 Å². The van der Waals surface area contributed by atoms with Crippen LogP contribution in [0.15, 0.2) is 23.0 Å². The van der Waals surface area contributed by atoms with Gasteiger partial charge in [-0.1, -0.05) is 6.07 Å². The number of amides is 3. The third-order valence-electron chi connectivity index (χ3n) is 6.99. The molecule has 1 unspecified atom stereocenters. The molecule has 35 heavy (non-hydrogen) atoms. The van der Waals surface area contributed by atoms with Crippen molar-refractivity contribution in [3.8, 4) is 0 Å². The van der Waals surface area contributed by atoms with Gasteiger partial charge in [-0.05, 0) is 55.7 Å². The molecule has 4 rings (SSSR count). The molecule has 0 spiro atoms. The second kappa shape index (κ2) is 11.1. The lowest BCUT2D eigenvalue weighted by Gasteiger charge is -2.32. The average Bonchev–Trinajstić information content (AvgIpc) is 3.06. The van der Waals surface area contributed by atoms with Crippen molar-refractivity contribution in [2.24, 2.45) is 7.05 Å². The number of nitrogens with zero attached hydrogens (tertiary/aromatic N) is 3. The summed E-state index contributed by atoms with van der Waals surface area (Å²) >= 11 is 0. The topological polar surface area (TPSA) is 131 Å². The number of imide groups is 1. The molecular weight excluding hydrogens is 476 g/mol. The molecule has 2 aromatic rings. The van der Waals surface area contributed by atoms with Gasteiger partial charge in [0.15, 0.2) is 0 Å². The highest BCUT2D eigenvalue weighted by atomic mass is 35.5. The minimum atomic E-state index is -0.838. The normalized spacial score (nSPS) is 18.9. The van der Waals surface area contributed by atoms with E-state index >= 15 is 0 Å². The maximum Gasteiger partial charge on any atom is 0.329 e. The van der Waals surface area contributed by atoms with E-state index in [9.17, 15) is 24.0 Å². The summed E-state index contributed by atoms with van der Waals surface area (Å²) in [5.41, 5.74) is 2.21. The number of hydrogen-bond acceptors (Lipinski definition) is 5. The van der Waals surface area contributed by atoms with Crippen LogP contribution < -0.4 is 11.0 Å². The van der Waals surface area contributed by atoms with Crippen molar-refractivity contribution in [2.45, 2.75) is 63.3 Å². The van der Waals surface area contributed by atoms with Crippen LogP contribution in [0.5, 0.6) is 0 Å². The van der Waals surface area contributed by atoms with Crippen LogP contribution in [0.2, 0.25) is 0 Å². The molecule has 1 aromatic carbocycles. The average molecular weight is 507 g/mol. The zero-order chi connectivity index (χ0) is 24.4. The molecule has 2 N–H and O–H groups in total. The van der Waals surface area contributed by atoms with Crippen LogP contribution in [0.25, 0.3) is 11.0 Å². The number of carbonyl (C=O) groups excluding carboxylic acids is 3. The minimum Gasteiger partial charge on any atom is -0.481 e. The lowest BCUT2D eigenvalue weighted by molar-refractivity contribution is -0.138. The highest BCUT2D eigenvalue weighted by molar-refractivity contribution is 6.00. The van der Waals surface area contributed by atoms with Gasteiger partial charge in [0, 0.05) is 39.4 Å². The van der Waals surface area contributed by atoms with Crippen molar-refractivity contribution in [2.75, 3.05) is 13.1 Å². The number of imidazole rings is 1. The number of likely N-dealkylation sites (tertiary alicyclic amines) is 1. The monoisotopic (exact) mass is 506 g/mol. The number of carboxylic acid groups (broad SMARTS) is 1. The van der Waals surface area contributed by atoms with Gasteiger partial charge in [0.25, 0.3) is 0 Å². The summed E-state index contributed by atoms with van der Waals surface area (Å²) in [4.78, 5) is 61.7. The van der Waals surface area contributed by atoms with Gasteiger partial charge in [0.2, 0.25) is 17.7 Å². The Bertz CT molecular complexity index is 1190. The van der Waals surface area contributed by atoms with Crippen LogP contribution in [0.3, 0.4) is 0 Å². The van der Waals surface area contributed by atoms with E-state index in [1.165, 1.54) is 4.57 Å². The van der Waals surface area contributed by atoms with Crippen molar-refractivity contribution in [3.05, 3.63) is 34.2 Å². The van der Waals surface area contributed by atoms with E-state index in [2.05, 4.69) is 5.32 Å². The molecule has 10 nitrogen and oxygen atoms in total. The predicted octanol–water partition coefficient (Wildman–Crippen LogP) is 2.09. The molecule has 2 aliphatic heterocycles. The first kappa shape index (κ1) is 26.5. The Morgan fingerprint density at radius 1 is 1.03 bits per heavy atom. The minimum absolute atomic E-state index is 0. The summed E-state index contributed by atoms with van der Waals surface area (Å²) in [7, 11) is 1.68. The Morgan fingerprint density at radius 3 is 2.37 bits per heavy atom. The number of carbonyl (C=O) groups is 4. The van der Waals surface area contributed by atoms with Crippen LogP contribution in [-0.4, -0.2) is 55.9 Å². The Hall–Kier alpha value is -3.14. The van der Waals surface area contributed by atoms with Gasteiger partial charge in [0.1, 0.15) is 6.04 Å². The lowest BCUT2D eigenvalue weighted by Crippen LogP contribution is -2.44. The van der Waals surface area contributed by atoms with E-state index in [0.29, 0.717) is 44.3 Å². The van der Waals surface area contributed by atoms with E-state index in [1.807, 2.05) is 23.1 Å². The Kier molecular flexibility index (Phi) is 8.37. The highest BCUT2D eigenvalue weighted by Crippen LogP contribution is 2.31. The molecular formula is C24H31ClN4O6. The number of nitrogens with one attached hydrogen (secondary N) is 1. The van der Waals surface area contributed by atoms with Gasteiger partial charge in [-0.2, -0.15) is 0 Å². The van der Waals surface area contributed by atoms with Gasteiger partial charge in [-0.25, -0.2) is 4.79 Å². The molecule has 190 valence electrons. The van der Waals surface area contributed by atoms with E-state index in [1.54, 1.807) is 11.6 Å². The molecule has 0 saturated carbocycles. The molecule has 1 atom stereocenters. The number of aromatic nitrogens is 2. The number of aliphatic carboxylic acids is 1. The second-order valence-electron chi connectivity index (χ2n) is 9.18. The molecule has 2 aliphatic rings. The number of fused-ring (bicyclic) bond motifs is 1. The molecule has 3 amide bonds. The number of aryl methyl sites for hydroxylation is 1. The smallest absolute Gasteiger partial charge is 0.329 e. The third-order valence-corrected chi connectivity index (χ3v) is 6.99. The molecule has 11 heteroatoms. The first-order chi connectivity index (χ1) is 16.3. The summed E-state index contributed by atoms with van der Waals surface area (Å²) < 4.78 is 3.02. The zero-order valence-corrected chi connectivity index (χ0v) is 20.5. The fourth-order valence-corrected chi connectivity index (χ4v) is 5.04. The summed E-state index contributed by atoms with van der Waals surface area (Å²) in [6.07, 6.45) is 3.69. The van der Waals surface area contributed by atoms with Crippen molar-refractivity contribution >= 4 is 47.1 Å². The fourth-order valence-electron chi connectivity index (χ4n) is 5.04. The van der Waals surface area contributed by atoms with E-state index < -0.39 is 17.9 Å². The maximum absolute atomic E-state index is 12.9. The van der Waals surface area contributed by atoms with Crippen molar-refractivity contribution in [3.63, 3.8) is 0 Å². The predicted molar refractivity (Wildman–Crippen MR) is 131 cm³/mol. The summed E-state index contributed by atoms with van der Waals surface area (Å²) in [5.74, 6) is -1.27. The molecule has 2 fully saturated rings. The molecule has 1 aromatic heterocycles. The Morgan fingerprint density at radius 2 is 1.71 bits per heavy atom. The van der Waals surface area contributed by atoms with Crippen molar-refractivity contribution in [1.29, 1.82) is 0 Å². The first-order valence-electron chi connectivity index (χ1n) is 11.8. The fraction of sp³-hybridized carbons (Fsp3) is 0.542. The molecule has 0 radical (unpaired) electrons. The van der Waals surface area contributed by atoms with Gasteiger partial charge in [-0.3, -0.25) is 33.6 Å². The standard InChI is InChI=1S/C24H30N4O6.ClH/c1-26-19-14-16(15-10-12-27(13-11-15)21(30)4-2-3-5-22(31)32)6-7-17(19)28(24(26)34)18-8-9-20(29)25-23(18)33;/h6-7,14-15,18H,2-5,8-13H2,1H3,(H,31,32)(H,25,29,33);1H. The van der Waals surface area contributed by atoms with Crippen molar-refractivity contribution < 1.29 is 24.3 Å². The Labute approximate surface area is 208 Å². The first-order valence-corrected chi connectivity index (χ1v) is 11.8. The number of unbranched alkanes of at least 4 members (excludes halogenated alkanes) is 1. The maximum atomic E-state index is 12.9. The SMILES string of the molecule is Cl.Cn1c(=O)n(C2CCC(=O)NC2=O)c2ccc(C3CCN(C(=O)CCCCC(=O)O)CC3)cc21. The largest absolute Gasteiger partial charge is 0.481 e. The number of rotatable bonds is 7. The molecule has 0 aliphatic carbocycles. The third kappa shape index (κ3) is 5.58. The summed E-state index contributed by atoms with van der Waals surface area (Å²) in [6, 6.07) is 5.14. The van der Waals surface area contributed by atoms with Crippen LogP contribution in [0.4, 0.5) is 0 Å². The van der Waals surface area contributed by atoms with E-state index in [-0.39, 0.29) is 48.7 Å². The Balaban J connectivity index is 0.00000342. The number of carboxylic acids is 1. The lowest BCUT2D eigenvalue weighted by atomic mass is 9.89. The van der Waals surface area contributed by atoms with Gasteiger partial charge in [-0.15, -0.1) is 12.4 Å². The van der Waals surface area contributed by atoms with Gasteiger partial charge in [0.05, 0.1) is 11.0 Å². The molecule has 3 heterocycles. The number of hydrogen-bond donors (Lipinski definition) is 2. The number of piperidine rings is 2. The van der Waals surface area contributed by atoms with Gasteiger partial charge >= 0.3 is 11.7 Å². The summed E-state index contributed by atoms with van der Waals surface area (Å²) in [6.45, 7) is 1.30. The summed E-state index contributed by atoms with van der Waals surface area (Å²) in [5, 5.41) is 11.0. The van der Waals surface area contributed by atoms with Crippen LogP contribution in [0.1, 0.15) is 68.9 Å². The molecule has 2 saturated heterocycles. The van der Waals surface area contributed by atoms with Crippen molar-refractivity contribution in [1.82, 2.24) is 19.4 Å². The van der Waals surface area contributed by atoms with Crippen LogP contribution in [0, 0.1) is 0 Å². The number of halogens is 1. The number of benzene rings is 1. The highest BCUT2D eigenvalue weighted by Gasteiger charge is 2.31.